The summed E-state index contributed by atoms with van der Waals surface area (Å²) < 4.78 is 10.8. The molecule has 1 aliphatic carbocycles. The van der Waals surface area contributed by atoms with Gasteiger partial charge in [-0.05, 0) is 54.8 Å². The van der Waals surface area contributed by atoms with Gasteiger partial charge in [0.1, 0.15) is 5.82 Å². The summed E-state index contributed by atoms with van der Waals surface area (Å²) >= 11 is 0. The molecule has 1 fully saturated rings. The Hall–Kier alpha value is -3.87. The van der Waals surface area contributed by atoms with Gasteiger partial charge in [-0.2, -0.15) is 0 Å². The van der Waals surface area contributed by atoms with Crippen LogP contribution in [0.4, 0.5) is 5.82 Å². The molecule has 2 aromatic carbocycles. The maximum absolute atomic E-state index is 13.1. The average Bonchev–Trinajstić information content (AvgIpc) is 3.45. The molecule has 0 saturated heterocycles. The molecule has 2 aliphatic rings. The zero-order valence-electron chi connectivity index (χ0n) is 15.9. The first-order valence-corrected chi connectivity index (χ1v) is 9.58. The molecule has 30 heavy (non-hydrogen) atoms. The summed E-state index contributed by atoms with van der Waals surface area (Å²) in [6.45, 7) is 0.192. The molecular formula is C23H20N2O5. The minimum Gasteiger partial charge on any atom is -0.478 e. The van der Waals surface area contributed by atoms with Crippen molar-refractivity contribution >= 4 is 17.7 Å². The number of ether oxygens (including phenoxy) is 2. The summed E-state index contributed by atoms with van der Waals surface area (Å²) in [4.78, 5) is 28.8. The number of fused-ring (bicyclic) bond motifs is 1. The van der Waals surface area contributed by atoms with E-state index in [0.717, 1.165) is 18.4 Å². The Bertz CT molecular complexity index is 1180. The summed E-state index contributed by atoms with van der Waals surface area (Å²) in [6, 6.07) is 17.4. The molecule has 2 N–H and O–H groups in total. The van der Waals surface area contributed by atoms with Gasteiger partial charge in [0, 0.05) is 6.99 Å². The van der Waals surface area contributed by atoms with Gasteiger partial charge < -0.3 is 19.9 Å². The summed E-state index contributed by atoms with van der Waals surface area (Å²) in [6.07, 6.45) is 1.50. The van der Waals surface area contributed by atoms with E-state index in [2.05, 4.69) is 10.3 Å². The number of nitrogens with one attached hydrogen (secondary N) is 1. The van der Waals surface area contributed by atoms with Crippen molar-refractivity contribution in [3.63, 3.8) is 0 Å². The molecular weight excluding hydrogens is 384 g/mol. The standard InChI is InChI=1S/C23H18N2O5.H2/c26-21(27)15-4-1-3-14(11-15)17-5-2-6-20(24-17)25-22(28)23(9-10-23)16-7-8-18-19(12-16)30-13-29-18;/h1-8,11-12H,9-10,13H2,(H,26,27)(H,24,25,28);1H. The van der Waals surface area contributed by atoms with E-state index in [1.165, 1.54) is 6.07 Å². The number of hydrogen-bond donors (Lipinski definition) is 2. The van der Waals surface area contributed by atoms with E-state index in [4.69, 9.17) is 9.47 Å². The number of aromatic carboxylic acids is 1. The van der Waals surface area contributed by atoms with E-state index in [1.807, 2.05) is 18.2 Å². The first kappa shape index (κ1) is 18.2. The molecule has 0 radical (unpaired) electrons. The molecule has 1 aliphatic heterocycles. The van der Waals surface area contributed by atoms with Gasteiger partial charge in [-0.25, -0.2) is 9.78 Å². The van der Waals surface area contributed by atoms with E-state index in [1.54, 1.807) is 36.4 Å². The Kier molecular flexibility index (Phi) is 4.17. The first-order chi connectivity index (χ1) is 14.5. The molecule has 1 aromatic heterocycles. The van der Waals surface area contributed by atoms with Gasteiger partial charge in [0.05, 0.1) is 16.7 Å². The molecule has 3 aromatic rings. The number of aromatic nitrogens is 1. The van der Waals surface area contributed by atoms with Crippen LogP contribution >= 0.6 is 0 Å². The number of carboxylic acid groups (broad SMARTS) is 1. The Morgan fingerprint density at radius 1 is 1.00 bits per heavy atom. The number of amides is 1. The van der Waals surface area contributed by atoms with Gasteiger partial charge in [-0.15, -0.1) is 0 Å². The second kappa shape index (κ2) is 6.88. The lowest BCUT2D eigenvalue weighted by Crippen LogP contribution is -2.28. The van der Waals surface area contributed by atoms with Gasteiger partial charge in [0.15, 0.2) is 11.5 Å². The van der Waals surface area contributed by atoms with Crippen molar-refractivity contribution in [3.05, 3.63) is 71.8 Å². The SMILES string of the molecule is O=C(O)c1cccc(-c2cccc(NC(=O)C3(c4ccc5c(c4)OCO5)CC3)n2)c1.[HH]. The average molecular weight is 404 g/mol. The fourth-order valence-electron chi connectivity index (χ4n) is 3.68. The Labute approximate surface area is 173 Å². The van der Waals surface area contributed by atoms with Gasteiger partial charge in [-0.3, -0.25) is 4.79 Å². The topological polar surface area (TPSA) is 97.8 Å². The van der Waals surface area contributed by atoms with Crippen LogP contribution in [0.15, 0.2) is 60.7 Å². The highest BCUT2D eigenvalue weighted by atomic mass is 16.7. The predicted octanol–water partition coefficient (Wildman–Crippen LogP) is 4.09. The van der Waals surface area contributed by atoms with Gasteiger partial charge in [0.2, 0.25) is 12.7 Å². The highest BCUT2D eigenvalue weighted by molar-refractivity contribution is 6.01. The van der Waals surface area contributed by atoms with Crippen LogP contribution in [0.3, 0.4) is 0 Å². The molecule has 0 unspecified atom stereocenters. The van der Waals surface area contributed by atoms with Crippen molar-refractivity contribution in [2.45, 2.75) is 18.3 Å². The molecule has 152 valence electrons. The van der Waals surface area contributed by atoms with Crippen LogP contribution in [0.5, 0.6) is 11.5 Å². The molecule has 0 spiro atoms. The minimum atomic E-state index is -0.999. The third kappa shape index (κ3) is 3.14. The second-order valence-corrected chi connectivity index (χ2v) is 7.40. The molecule has 7 nitrogen and oxygen atoms in total. The minimum absolute atomic E-state index is 0. The quantitative estimate of drug-likeness (QED) is 0.665. The van der Waals surface area contributed by atoms with Gasteiger partial charge in [0.25, 0.3) is 0 Å². The largest absolute Gasteiger partial charge is 0.478 e. The smallest absolute Gasteiger partial charge is 0.335 e. The fraction of sp³-hybridized carbons (Fsp3) is 0.174. The van der Waals surface area contributed by atoms with E-state index in [0.29, 0.717) is 28.6 Å². The number of pyridine rings is 1. The lowest BCUT2D eigenvalue weighted by molar-refractivity contribution is -0.118. The van der Waals surface area contributed by atoms with Crippen molar-refractivity contribution < 1.29 is 25.6 Å². The number of rotatable bonds is 5. The molecule has 0 atom stereocenters. The molecule has 1 amide bonds. The summed E-state index contributed by atoms with van der Waals surface area (Å²) in [7, 11) is 0. The molecule has 5 rings (SSSR count). The van der Waals surface area contributed by atoms with E-state index < -0.39 is 11.4 Å². The van der Waals surface area contributed by atoms with Crippen molar-refractivity contribution in [1.82, 2.24) is 4.98 Å². The number of carboxylic acids is 1. The third-order valence-corrected chi connectivity index (χ3v) is 5.51. The third-order valence-electron chi connectivity index (χ3n) is 5.51. The van der Waals surface area contributed by atoms with Crippen molar-refractivity contribution in [2.75, 3.05) is 12.1 Å². The van der Waals surface area contributed by atoms with Crippen LogP contribution < -0.4 is 14.8 Å². The molecule has 0 bridgehead atoms. The van der Waals surface area contributed by atoms with Crippen LogP contribution in [0.2, 0.25) is 0 Å². The Morgan fingerprint density at radius 2 is 1.80 bits per heavy atom. The van der Waals surface area contributed by atoms with Crippen molar-refractivity contribution in [2.24, 2.45) is 0 Å². The molecule has 1 saturated carbocycles. The highest BCUT2D eigenvalue weighted by Crippen LogP contribution is 2.51. The number of anilines is 1. The number of carbonyl (C=O) groups is 2. The van der Waals surface area contributed by atoms with Gasteiger partial charge in [-0.1, -0.05) is 24.3 Å². The lowest BCUT2D eigenvalue weighted by atomic mass is 9.94. The lowest BCUT2D eigenvalue weighted by Gasteiger charge is -2.16. The molecule has 7 heteroatoms. The van der Waals surface area contributed by atoms with Crippen LogP contribution in [0.1, 0.15) is 30.2 Å². The zero-order valence-corrected chi connectivity index (χ0v) is 15.9. The van der Waals surface area contributed by atoms with E-state index in [9.17, 15) is 14.7 Å². The van der Waals surface area contributed by atoms with Crippen LogP contribution in [-0.2, 0) is 10.2 Å². The first-order valence-electron chi connectivity index (χ1n) is 9.58. The number of benzene rings is 2. The van der Waals surface area contributed by atoms with Crippen molar-refractivity contribution in [3.8, 4) is 22.8 Å². The highest BCUT2D eigenvalue weighted by Gasteiger charge is 2.51. The Balaban J connectivity index is 0.00000231. The van der Waals surface area contributed by atoms with Gasteiger partial charge >= 0.3 is 5.97 Å². The van der Waals surface area contributed by atoms with Crippen LogP contribution in [-0.4, -0.2) is 28.8 Å². The normalized spacial score (nSPS) is 15.5. The monoisotopic (exact) mass is 404 g/mol. The molecule has 2 heterocycles. The number of hydrogen-bond acceptors (Lipinski definition) is 5. The second-order valence-electron chi connectivity index (χ2n) is 7.40. The van der Waals surface area contributed by atoms with Crippen LogP contribution in [0.25, 0.3) is 11.3 Å². The number of carbonyl (C=O) groups excluding carboxylic acids is 1. The summed E-state index contributed by atoms with van der Waals surface area (Å²) in [5, 5.41) is 12.1. The van der Waals surface area contributed by atoms with Crippen molar-refractivity contribution in [1.29, 1.82) is 0 Å². The van der Waals surface area contributed by atoms with E-state index in [-0.39, 0.29) is 19.7 Å². The Morgan fingerprint density at radius 3 is 2.60 bits per heavy atom. The predicted molar refractivity (Wildman–Crippen MR) is 111 cm³/mol. The maximum atomic E-state index is 13.1. The fourth-order valence-corrected chi connectivity index (χ4v) is 3.68. The summed E-state index contributed by atoms with van der Waals surface area (Å²) in [5.41, 5.74) is 1.74. The van der Waals surface area contributed by atoms with Crippen LogP contribution in [0, 0.1) is 0 Å². The number of nitrogens with zero attached hydrogens (tertiary/aromatic N) is 1. The van der Waals surface area contributed by atoms with E-state index >= 15 is 0 Å². The summed E-state index contributed by atoms with van der Waals surface area (Å²) in [5.74, 6) is 0.647. The zero-order chi connectivity index (χ0) is 20.7. The maximum Gasteiger partial charge on any atom is 0.335 e.